The summed E-state index contributed by atoms with van der Waals surface area (Å²) in [5.74, 6) is 1.59. The molecule has 0 aliphatic carbocycles. The maximum atomic E-state index is 5.50. The van der Waals surface area contributed by atoms with Crippen molar-refractivity contribution in [2.45, 2.75) is 0 Å². The highest BCUT2D eigenvalue weighted by atomic mass is 16.7. The zero-order chi connectivity index (χ0) is 12.7. The molecule has 0 N–H and O–H groups in total. The highest BCUT2D eigenvalue weighted by Gasteiger charge is 2.16. The monoisotopic (exact) mass is 249 g/mol. The van der Waals surface area contributed by atoms with Crippen LogP contribution in [0, 0.1) is 0 Å². The second-order valence-corrected chi connectivity index (χ2v) is 4.46. The molecule has 1 aliphatic rings. The van der Waals surface area contributed by atoms with Gasteiger partial charge in [-0.2, -0.15) is 0 Å². The summed E-state index contributed by atoms with van der Waals surface area (Å²) in [5.41, 5.74) is 2.08. The summed E-state index contributed by atoms with van der Waals surface area (Å²) in [6, 6.07) is 16.2. The van der Waals surface area contributed by atoms with Gasteiger partial charge in [0.2, 0.25) is 6.79 Å². The molecule has 1 aromatic heterocycles. The van der Waals surface area contributed by atoms with Gasteiger partial charge in [0.15, 0.2) is 11.5 Å². The van der Waals surface area contributed by atoms with Crippen LogP contribution < -0.4 is 9.47 Å². The van der Waals surface area contributed by atoms with Gasteiger partial charge in [0.05, 0.1) is 5.69 Å². The molecular formula is C16H11NO2. The molecule has 3 nitrogen and oxygen atoms in total. The fraction of sp³-hybridized carbons (Fsp3) is 0.0625. The fourth-order valence-electron chi connectivity index (χ4n) is 2.35. The van der Waals surface area contributed by atoms with Gasteiger partial charge in [-0.15, -0.1) is 0 Å². The molecule has 92 valence electrons. The summed E-state index contributed by atoms with van der Waals surface area (Å²) in [4.78, 5) is 4.52. The molecule has 2 aromatic carbocycles. The molecule has 2 heterocycles. The predicted octanol–water partition coefficient (Wildman–Crippen LogP) is 3.63. The first kappa shape index (κ1) is 10.4. The number of pyridine rings is 1. The molecule has 0 amide bonds. The van der Waals surface area contributed by atoms with Crippen LogP contribution in [0.2, 0.25) is 0 Å². The Balaban J connectivity index is 1.92. The third-order valence-corrected chi connectivity index (χ3v) is 3.31. The lowest BCUT2D eigenvalue weighted by Gasteiger charge is -2.05. The molecule has 3 aromatic rings. The Morgan fingerprint density at radius 1 is 0.947 bits per heavy atom. The van der Waals surface area contributed by atoms with E-state index in [4.69, 9.17) is 9.47 Å². The number of benzene rings is 2. The van der Waals surface area contributed by atoms with Crippen molar-refractivity contribution in [2.75, 3.05) is 6.79 Å². The molecular weight excluding hydrogens is 238 g/mol. The third-order valence-electron chi connectivity index (χ3n) is 3.31. The maximum absolute atomic E-state index is 5.50. The van der Waals surface area contributed by atoms with Crippen LogP contribution in [0.25, 0.3) is 22.0 Å². The van der Waals surface area contributed by atoms with Gasteiger partial charge in [-0.3, -0.25) is 4.98 Å². The molecule has 19 heavy (non-hydrogen) atoms. The normalized spacial score (nSPS) is 12.8. The highest BCUT2D eigenvalue weighted by Crippen LogP contribution is 2.39. The van der Waals surface area contributed by atoms with Crippen LogP contribution in [0.15, 0.2) is 54.7 Å². The van der Waals surface area contributed by atoms with Gasteiger partial charge in [0, 0.05) is 17.1 Å². The van der Waals surface area contributed by atoms with Crippen LogP contribution in [0.4, 0.5) is 0 Å². The van der Waals surface area contributed by atoms with Crippen molar-refractivity contribution < 1.29 is 9.47 Å². The summed E-state index contributed by atoms with van der Waals surface area (Å²) >= 11 is 0. The van der Waals surface area contributed by atoms with E-state index in [1.165, 1.54) is 0 Å². The number of hydrogen-bond donors (Lipinski definition) is 0. The summed E-state index contributed by atoms with van der Waals surface area (Å²) in [5, 5.41) is 2.10. The van der Waals surface area contributed by atoms with E-state index in [0.717, 1.165) is 33.5 Å². The number of rotatable bonds is 1. The minimum atomic E-state index is 0.287. The highest BCUT2D eigenvalue weighted by molar-refractivity contribution is 5.92. The molecule has 0 radical (unpaired) electrons. The molecule has 0 saturated heterocycles. The smallest absolute Gasteiger partial charge is 0.231 e. The number of fused-ring (bicyclic) bond motifs is 3. The molecule has 4 rings (SSSR count). The second kappa shape index (κ2) is 3.99. The Morgan fingerprint density at radius 2 is 1.84 bits per heavy atom. The first-order valence-corrected chi connectivity index (χ1v) is 6.15. The van der Waals surface area contributed by atoms with Gasteiger partial charge in [0.1, 0.15) is 0 Å². The lowest BCUT2D eigenvalue weighted by Crippen LogP contribution is -1.93. The van der Waals surface area contributed by atoms with Crippen LogP contribution >= 0.6 is 0 Å². The lowest BCUT2D eigenvalue weighted by atomic mass is 10.1. The van der Waals surface area contributed by atoms with Crippen molar-refractivity contribution >= 4 is 10.8 Å². The van der Waals surface area contributed by atoms with E-state index in [-0.39, 0.29) is 6.79 Å². The summed E-state index contributed by atoms with van der Waals surface area (Å²) in [6.45, 7) is 0.287. The van der Waals surface area contributed by atoms with Gasteiger partial charge >= 0.3 is 0 Å². The van der Waals surface area contributed by atoms with Crippen molar-refractivity contribution in [2.24, 2.45) is 0 Å². The van der Waals surface area contributed by atoms with Gasteiger partial charge in [-0.1, -0.05) is 36.4 Å². The van der Waals surface area contributed by atoms with Gasteiger partial charge < -0.3 is 9.47 Å². The van der Waals surface area contributed by atoms with Crippen molar-refractivity contribution in [3.8, 4) is 22.8 Å². The molecule has 0 spiro atoms. The molecule has 3 heteroatoms. The Kier molecular flexibility index (Phi) is 2.18. The third kappa shape index (κ3) is 1.63. The second-order valence-electron chi connectivity index (χ2n) is 4.46. The Morgan fingerprint density at radius 3 is 2.74 bits per heavy atom. The molecule has 0 unspecified atom stereocenters. The van der Waals surface area contributed by atoms with Crippen molar-refractivity contribution in [3.63, 3.8) is 0 Å². The van der Waals surface area contributed by atoms with Crippen LogP contribution in [-0.2, 0) is 0 Å². The lowest BCUT2D eigenvalue weighted by molar-refractivity contribution is 0.175. The number of ether oxygens (including phenoxy) is 2. The number of hydrogen-bond acceptors (Lipinski definition) is 3. The average molecular weight is 249 g/mol. The van der Waals surface area contributed by atoms with Crippen LogP contribution in [0.3, 0.4) is 0 Å². The topological polar surface area (TPSA) is 31.4 Å². The predicted molar refractivity (Wildman–Crippen MR) is 73.3 cm³/mol. The van der Waals surface area contributed by atoms with Crippen LogP contribution in [0.5, 0.6) is 11.5 Å². The molecule has 0 bridgehead atoms. The Labute approximate surface area is 110 Å². The zero-order valence-corrected chi connectivity index (χ0v) is 10.2. The van der Waals surface area contributed by atoms with E-state index >= 15 is 0 Å². The van der Waals surface area contributed by atoms with Crippen molar-refractivity contribution in [3.05, 3.63) is 54.7 Å². The zero-order valence-electron chi connectivity index (χ0n) is 10.2. The Hall–Kier alpha value is -2.55. The summed E-state index contributed by atoms with van der Waals surface area (Å²) < 4.78 is 10.9. The van der Waals surface area contributed by atoms with E-state index in [1.807, 2.05) is 36.5 Å². The molecule has 0 atom stereocenters. The molecule has 0 fully saturated rings. The van der Waals surface area contributed by atoms with Crippen molar-refractivity contribution in [1.29, 1.82) is 0 Å². The van der Waals surface area contributed by atoms with Gasteiger partial charge in [-0.05, 0) is 17.5 Å². The first-order valence-electron chi connectivity index (χ1n) is 6.15. The van der Waals surface area contributed by atoms with Crippen LogP contribution in [-0.4, -0.2) is 11.8 Å². The van der Waals surface area contributed by atoms with E-state index < -0.39 is 0 Å². The molecule has 1 aliphatic heterocycles. The minimum absolute atomic E-state index is 0.287. The van der Waals surface area contributed by atoms with Crippen LogP contribution in [0.1, 0.15) is 0 Å². The summed E-state index contributed by atoms with van der Waals surface area (Å²) in [7, 11) is 0. The fourth-order valence-corrected chi connectivity index (χ4v) is 2.35. The minimum Gasteiger partial charge on any atom is -0.454 e. The quantitative estimate of drug-likeness (QED) is 0.660. The maximum Gasteiger partial charge on any atom is 0.231 e. The standard InChI is InChI=1S/C16H11NO2/c1-2-4-11(5-3-1)14-8-12-6-7-15-16(19-10-18-15)13(12)9-17-14/h1-9H,10H2. The van der Waals surface area contributed by atoms with E-state index in [1.54, 1.807) is 0 Å². The Bertz CT molecular complexity index is 753. The van der Waals surface area contributed by atoms with E-state index in [9.17, 15) is 0 Å². The van der Waals surface area contributed by atoms with Gasteiger partial charge in [-0.25, -0.2) is 0 Å². The van der Waals surface area contributed by atoms with E-state index in [0.29, 0.717) is 0 Å². The number of aromatic nitrogens is 1. The van der Waals surface area contributed by atoms with E-state index in [2.05, 4.69) is 23.2 Å². The summed E-state index contributed by atoms with van der Waals surface area (Å²) in [6.07, 6.45) is 1.85. The van der Waals surface area contributed by atoms with Crippen molar-refractivity contribution in [1.82, 2.24) is 4.98 Å². The molecule has 0 saturated carbocycles. The SMILES string of the molecule is c1ccc(-c2cc3ccc4c(c3cn2)OCO4)cc1. The average Bonchev–Trinajstić information content (AvgIpc) is 2.96. The van der Waals surface area contributed by atoms with Gasteiger partial charge in [0.25, 0.3) is 0 Å². The largest absolute Gasteiger partial charge is 0.454 e. The first-order chi connectivity index (χ1) is 9.42. The number of nitrogens with zero attached hydrogens (tertiary/aromatic N) is 1.